The van der Waals surface area contributed by atoms with Gasteiger partial charge in [-0.2, -0.15) is 0 Å². The van der Waals surface area contributed by atoms with E-state index >= 15 is 0 Å². The summed E-state index contributed by atoms with van der Waals surface area (Å²) in [6.07, 6.45) is 0.453. The van der Waals surface area contributed by atoms with Crippen LogP contribution in [0.25, 0.3) is 0 Å². The molecule has 0 N–H and O–H groups in total. The van der Waals surface area contributed by atoms with Gasteiger partial charge in [-0.15, -0.1) is 0 Å². The number of carbonyl (C=O) groups is 2. The van der Waals surface area contributed by atoms with Crippen LogP contribution in [0, 0.1) is 0 Å². The van der Waals surface area contributed by atoms with Crippen LogP contribution in [0.1, 0.15) is 20.3 Å². The normalized spacial score (nSPS) is 33.8. The number of hydrogen-bond acceptors (Lipinski definition) is 4. The molecule has 0 bridgehead atoms. The van der Waals surface area contributed by atoms with Gasteiger partial charge in [0.1, 0.15) is 5.60 Å². The van der Waals surface area contributed by atoms with Crippen LogP contribution in [0.4, 0.5) is 0 Å². The third-order valence-electron chi connectivity index (χ3n) is 3.15. The molecule has 1 saturated heterocycles. The van der Waals surface area contributed by atoms with Gasteiger partial charge in [0.05, 0.1) is 12.7 Å². The van der Waals surface area contributed by atoms with Crippen LogP contribution < -0.4 is 0 Å². The van der Waals surface area contributed by atoms with Gasteiger partial charge in [-0.1, -0.05) is 0 Å². The van der Waals surface area contributed by atoms with E-state index in [9.17, 15) is 9.59 Å². The van der Waals surface area contributed by atoms with E-state index in [4.69, 9.17) is 9.16 Å². The van der Waals surface area contributed by atoms with E-state index in [2.05, 4.69) is 0 Å². The molecule has 0 radical (unpaired) electrons. The number of rotatable bonds is 2. The summed E-state index contributed by atoms with van der Waals surface area (Å²) in [6.45, 7) is 7.16. The van der Waals surface area contributed by atoms with Gasteiger partial charge >= 0.3 is 5.97 Å². The van der Waals surface area contributed by atoms with Crippen molar-refractivity contribution in [2.75, 3.05) is 7.11 Å². The molecule has 86 valence electrons. The maximum atomic E-state index is 11.6. The van der Waals surface area contributed by atoms with E-state index in [1.807, 2.05) is 13.1 Å². The first-order chi connectivity index (χ1) is 6.73. The first-order valence-corrected chi connectivity index (χ1v) is 8.00. The van der Waals surface area contributed by atoms with E-state index in [0.717, 1.165) is 0 Å². The van der Waals surface area contributed by atoms with E-state index in [1.165, 1.54) is 14.0 Å². The minimum absolute atomic E-state index is 0.0190. The lowest BCUT2D eigenvalue weighted by Gasteiger charge is -2.25. The predicted molar refractivity (Wildman–Crippen MR) is 58.0 cm³/mol. The lowest BCUT2D eigenvalue weighted by atomic mass is 9.96. The topological polar surface area (TPSA) is 52.6 Å². The number of ketones is 1. The average molecular weight is 230 g/mol. The van der Waals surface area contributed by atoms with Crippen molar-refractivity contribution in [2.45, 2.75) is 44.5 Å². The second kappa shape index (κ2) is 3.72. The Labute approximate surface area is 91.1 Å². The number of esters is 1. The molecule has 1 aliphatic rings. The molecule has 0 aliphatic carbocycles. The monoisotopic (exact) mass is 230 g/mol. The van der Waals surface area contributed by atoms with Gasteiger partial charge < -0.3 is 9.16 Å². The molecular weight excluding hydrogens is 212 g/mol. The fraction of sp³-hybridized carbons (Fsp3) is 0.800. The first-order valence-electron chi connectivity index (χ1n) is 5.02. The van der Waals surface area contributed by atoms with Crippen molar-refractivity contribution < 1.29 is 18.8 Å². The molecule has 1 heterocycles. The number of carbonyl (C=O) groups excluding carboxylic acids is 2. The Kier molecular flexibility index (Phi) is 3.07. The highest BCUT2D eigenvalue weighted by molar-refractivity contribution is 6.76. The molecule has 4 nitrogen and oxygen atoms in total. The van der Waals surface area contributed by atoms with Crippen molar-refractivity contribution in [2.24, 2.45) is 0 Å². The van der Waals surface area contributed by atoms with Gasteiger partial charge in [0.15, 0.2) is 5.78 Å². The summed E-state index contributed by atoms with van der Waals surface area (Å²) >= 11 is 0. The standard InChI is InChI=1S/C10H18O4Si/c1-7(11)10(2)6-8(9(12)13-3)15(4,5)14-10/h8H,6H2,1-5H3. The molecule has 0 aromatic heterocycles. The summed E-state index contributed by atoms with van der Waals surface area (Å²) in [4.78, 5) is 23.0. The van der Waals surface area contributed by atoms with Crippen LogP contribution in [-0.2, 0) is 18.8 Å². The Morgan fingerprint density at radius 1 is 1.47 bits per heavy atom. The van der Waals surface area contributed by atoms with Crippen LogP contribution in [0.3, 0.4) is 0 Å². The average Bonchev–Trinajstić information content (AvgIpc) is 2.36. The molecule has 1 aliphatic heterocycles. The molecule has 0 saturated carbocycles. The molecule has 2 unspecified atom stereocenters. The van der Waals surface area contributed by atoms with E-state index in [0.29, 0.717) is 6.42 Å². The van der Waals surface area contributed by atoms with E-state index in [-0.39, 0.29) is 17.3 Å². The van der Waals surface area contributed by atoms with Crippen molar-refractivity contribution in [1.82, 2.24) is 0 Å². The van der Waals surface area contributed by atoms with Crippen LogP contribution >= 0.6 is 0 Å². The number of hydrogen-bond donors (Lipinski definition) is 0. The van der Waals surface area contributed by atoms with Crippen molar-refractivity contribution in [3.05, 3.63) is 0 Å². The Hall–Kier alpha value is -0.683. The van der Waals surface area contributed by atoms with Crippen LogP contribution in [-0.4, -0.2) is 32.8 Å². The largest absolute Gasteiger partial charge is 0.469 e. The Morgan fingerprint density at radius 3 is 2.33 bits per heavy atom. The van der Waals surface area contributed by atoms with E-state index < -0.39 is 13.9 Å². The zero-order valence-corrected chi connectivity index (χ0v) is 10.9. The van der Waals surface area contributed by atoms with E-state index in [1.54, 1.807) is 6.92 Å². The van der Waals surface area contributed by atoms with Crippen molar-refractivity contribution in [1.29, 1.82) is 0 Å². The van der Waals surface area contributed by atoms with Crippen molar-refractivity contribution in [3.63, 3.8) is 0 Å². The first kappa shape index (κ1) is 12.4. The summed E-state index contributed by atoms with van der Waals surface area (Å²) in [5, 5.41) is 0. The quantitative estimate of drug-likeness (QED) is 0.533. The Balaban J connectivity index is 2.95. The summed E-state index contributed by atoms with van der Waals surface area (Å²) in [6, 6.07) is 0. The van der Waals surface area contributed by atoms with Crippen LogP contribution in [0.15, 0.2) is 0 Å². The molecule has 1 rings (SSSR count). The molecular formula is C10H18O4Si. The Bertz CT molecular complexity index is 300. The summed E-state index contributed by atoms with van der Waals surface area (Å²) in [5.41, 5.74) is -1.04. The van der Waals surface area contributed by atoms with Gasteiger partial charge in [0.2, 0.25) is 8.32 Å². The highest BCUT2D eigenvalue weighted by Gasteiger charge is 2.55. The van der Waals surface area contributed by atoms with Crippen LogP contribution in [0.2, 0.25) is 18.6 Å². The van der Waals surface area contributed by atoms with Gasteiger partial charge in [-0.3, -0.25) is 9.59 Å². The highest BCUT2D eigenvalue weighted by Crippen LogP contribution is 2.44. The molecule has 2 atom stereocenters. The maximum absolute atomic E-state index is 11.6. The van der Waals surface area contributed by atoms with Crippen molar-refractivity contribution >= 4 is 20.1 Å². The van der Waals surface area contributed by atoms with Gasteiger partial charge in [-0.25, -0.2) is 0 Å². The third kappa shape index (κ3) is 2.13. The third-order valence-corrected chi connectivity index (χ3v) is 6.25. The second-order valence-corrected chi connectivity index (χ2v) is 8.88. The summed E-state index contributed by atoms with van der Waals surface area (Å²) in [7, 11) is -0.776. The predicted octanol–water partition coefficient (Wildman–Crippen LogP) is 1.50. The summed E-state index contributed by atoms with van der Waals surface area (Å²) < 4.78 is 10.6. The molecule has 5 heteroatoms. The minimum atomic E-state index is -2.15. The van der Waals surface area contributed by atoms with Gasteiger partial charge in [0, 0.05) is 0 Å². The highest BCUT2D eigenvalue weighted by atomic mass is 28.4. The van der Waals surface area contributed by atoms with Gasteiger partial charge in [0.25, 0.3) is 0 Å². The minimum Gasteiger partial charge on any atom is -0.469 e. The molecule has 0 spiro atoms. The molecule has 0 amide bonds. The zero-order valence-electron chi connectivity index (χ0n) is 9.92. The molecule has 0 aromatic rings. The lowest BCUT2D eigenvalue weighted by Crippen LogP contribution is -2.39. The zero-order chi connectivity index (χ0) is 11.9. The second-order valence-electron chi connectivity index (χ2n) is 4.77. The lowest BCUT2D eigenvalue weighted by molar-refractivity contribution is -0.141. The molecule has 15 heavy (non-hydrogen) atoms. The fourth-order valence-electron chi connectivity index (χ4n) is 2.05. The number of Topliss-reactive ketones (excluding diaryl/α,β-unsaturated/α-hetero) is 1. The maximum Gasteiger partial charge on any atom is 0.308 e. The summed E-state index contributed by atoms with van der Waals surface area (Å²) in [5.74, 6) is -0.272. The number of ether oxygens (including phenoxy) is 1. The fourth-order valence-corrected chi connectivity index (χ4v) is 5.15. The van der Waals surface area contributed by atoms with Crippen molar-refractivity contribution in [3.8, 4) is 0 Å². The molecule has 1 fully saturated rings. The van der Waals surface area contributed by atoms with Crippen LogP contribution in [0.5, 0.6) is 0 Å². The Morgan fingerprint density at radius 2 is 2.00 bits per heavy atom. The SMILES string of the molecule is COC(=O)C1CC(C)(C(C)=O)O[Si]1(C)C. The number of methoxy groups -OCH3 is 1. The van der Waals surface area contributed by atoms with Gasteiger partial charge in [-0.05, 0) is 33.4 Å². The molecule has 0 aromatic carbocycles. The smallest absolute Gasteiger partial charge is 0.308 e.